The maximum atomic E-state index is 11.1. The van der Waals surface area contributed by atoms with E-state index in [2.05, 4.69) is 4.90 Å². The molecule has 0 saturated heterocycles. The number of methoxy groups -OCH3 is 2. The number of rotatable bonds is 11. The van der Waals surface area contributed by atoms with Crippen molar-refractivity contribution in [3.05, 3.63) is 27.8 Å². The molecule has 1 aromatic rings. The summed E-state index contributed by atoms with van der Waals surface area (Å²) >= 11 is 0. The molecule has 0 amide bonds. The summed E-state index contributed by atoms with van der Waals surface area (Å²) < 4.78 is 15.6. The van der Waals surface area contributed by atoms with E-state index in [-0.39, 0.29) is 22.7 Å². The zero-order valence-corrected chi connectivity index (χ0v) is 13.6. The van der Waals surface area contributed by atoms with Gasteiger partial charge in [0, 0.05) is 20.2 Å². The fourth-order valence-electron chi connectivity index (χ4n) is 2.04. The van der Waals surface area contributed by atoms with Crippen molar-refractivity contribution < 1.29 is 23.9 Å². The molecule has 0 atom stereocenters. The first-order chi connectivity index (χ1) is 11.0. The number of hydrogen-bond acceptors (Lipinski definition) is 7. The van der Waals surface area contributed by atoms with Crippen LogP contribution in [0, 0.1) is 10.1 Å². The Kier molecular flexibility index (Phi) is 8.00. The third-order valence-electron chi connectivity index (χ3n) is 3.26. The molecule has 8 heteroatoms. The zero-order valence-electron chi connectivity index (χ0n) is 13.6. The van der Waals surface area contributed by atoms with Gasteiger partial charge in [0.1, 0.15) is 0 Å². The van der Waals surface area contributed by atoms with E-state index in [0.29, 0.717) is 19.5 Å². The first kappa shape index (κ1) is 18.9. The molecule has 1 rings (SSSR count). The Morgan fingerprint density at radius 2 is 2.00 bits per heavy atom. The molecule has 23 heavy (non-hydrogen) atoms. The van der Waals surface area contributed by atoms with Gasteiger partial charge in [-0.25, -0.2) is 0 Å². The second-order valence-electron chi connectivity index (χ2n) is 4.91. The van der Waals surface area contributed by atoms with Crippen molar-refractivity contribution in [3.8, 4) is 11.5 Å². The molecule has 0 aliphatic rings. The molecule has 0 aliphatic heterocycles. The predicted octanol–water partition coefficient (Wildman–Crippen LogP) is 1.76. The second-order valence-corrected chi connectivity index (χ2v) is 4.91. The summed E-state index contributed by atoms with van der Waals surface area (Å²) in [6.45, 7) is 2.66. The first-order valence-electron chi connectivity index (χ1n) is 7.16. The molecule has 0 bridgehead atoms. The van der Waals surface area contributed by atoms with Crippen LogP contribution >= 0.6 is 0 Å². The Bertz CT molecular complexity index is 535. The lowest BCUT2D eigenvalue weighted by atomic mass is 10.1. The lowest BCUT2D eigenvalue weighted by molar-refractivity contribution is -0.386. The van der Waals surface area contributed by atoms with E-state index in [4.69, 9.17) is 14.2 Å². The molecule has 8 nitrogen and oxygen atoms in total. The van der Waals surface area contributed by atoms with Crippen molar-refractivity contribution in [1.82, 2.24) is 4.90 Å². The van der Waals surface area contributed by atoms with Crippen molar-refractivity contribution in [2.45, 2.75) is 6.42 Å². The Morgan fingerprint density at radius 3 is 2.57 bits per heavy atom. The molecular formula is C15H22N2O6. The molecule has 0 spiro atoms. The van der Waals surface area contributed by atoms with Crippen molar-refractivity contribution >= 4 is 12.0 Å². The van der Waals surface area contributed by atoms with Gasteiger partial charge in [-0.05, 0) is 25.6 Å². The molecule has 128 valence electrons. The summed E-state index contributed by atoms with van der Waals surface area (Å²) in [7, 11) is 4.94. The molecule has 0 unspecified atom stereocenters. The minimum Gasteiger partial charge on any atom is -0.489 e. The van der Waals surface area contributed by atoms with Gasteiger partial charge in [0.25, 0.3) is 0 Å². The molecule has 0 saturated carbocycles. The molecular weight excluding hydrogens is 304 g/mol. The normalized spacial score (nSPS) is 10.6. The average molecular weight is 326 g/mol. The van der Waals surface area contributed by atoms with Crippen molar-refractivity contribution in [3.63, 3.8) is 0 Å². The van der Waals surface area contributed by atoms with E-state index in [0.717, 1.165) is 19.5 Å². The van der Waals surface area contributed by atoms with E-state index in [1.54, 1.807) is 7.11 Å². The van der Waals surface area contributed by atoms with Gasteiger partial charge in [-0.1, -0.05) is 0 Å². The average Bonchev–Trinajstić information content (AvgIpc) is 2.55. The number of aldehydes is 1. The van der Waals surface area contributed by atoms with E-state index < -0.39 is 4.92 Å². The highest BCUT2D eigenvalue weighted by molar-refractivity contribution is 5.85. The summed E-state index contributed by atoms with van der Waals surface area (Å²) in [5.74, 6) is 0.219. The lowest BCUT2D eigenvalue weighted by Gasteiger charge is -2.16. The molecule has 0 aromatic heterocycles. The van der Waals surface area contributed by atoms with Crippen LogP contribution in [0.1, 0.15) is 16.8 Å². The number of nitro groups is 1. The van der Waals surface area contributed by atoms with Crippen LogP contribution in [0.25, 0.3) is 0 Å². The van der Waals surface area contributed by atoms with Gasteiger partial charge >= 0.3 is 5.69 Å². The Balaban J connectivity index is 2.68. The third kappa shape index (κ3) is 5.50. The van der Waals surface area contributed by atoms with E-state index in [9.17, 15) is 14.9 Å². The monoisotopic (exact) mass is 326 g/mol. The van der Waals surface area contributed by atoms with E-state index in [1.807, 2.05) is 7.05 Å². The maximum Gasteiger partial charge on any atom is 0.325 e. The fraction of sp³-hybridized carbons (Fsp3) is 0.533. The van der Waals surface area contributed by atoms with Crippen molar-refractivity contribution in [2.24, 2.45) is 0 Å². The summed E-state index contributed by atoms with van der Waals surface area (Å²) in [4.78, 5) is 23.5. The van der Waals surface area contributed by atoms with Crippen LogP contribution in [0.4, 0.5) is 5.69 Å². The number of hydrogen-bond donors (Lipinski definition) is 0. The topological polar surface area (TPSA) is 91.1 Å². The van der Waals surface area contributed by atoms with Crippen LogP contribution in [0.15, 0.2) is 12.1 Å². The zero-order chi connectivity index (χ0) is 17.2. The second kappa shape index (κ2) is 9.75. The number of benzene rings is 1. The molecule has 0 heterocycles. The van der Waals surface area contributed by atoms with Gasteiger partial charge in [-0.3, -0.25) is 14.9 Å². The van der Waals surface area contributed by atoms with Crippen LogP contribution in [-0.4, -0.2) is 63.7 Å². The Labute approximate surface area is 135 Å². The standard InChI is InChI=1S/C15H22N2O6/c1-16(8-10-21-2)7-4-9-23-13-6-5-12(11-18)14(17(19)20)15(13)22-3/h5-6,11H,4,7-10H2,1-3H3. The third-order valence-corrected chi connectivity index (χ3v) is 3.26. The molecule has 0 aliphatic carbocycles. The van der Waals surface area contributed by atoms with Crippen molar-refractivity contribution in [2.75, 3.05) is 47.6 Å². The van der Waals surface area contributed by atoms with Crippen LogP contribution < -0.4 is 9.47 Å². The number of carbonyl (C=O) groups excluding carboxylic acids is 1. The van der Waals surface area contributed by atoms with Crippen LogP contribution in [0.5, 0.6) is 11.5 Å². The lowest BCUT2D eigenvalue weighted by Crippen LogP contribution is -2.25. The van der Waals surface area contributed by atoms with Gasteiger partial charge in [-0.15, -0.1) is 0 Å². The van der Waals surface area contributed by atoms with Gasteiger partial charge in [-0.2, -0.15) is 0 Å². The maximum absolute atomic E-state index is 11.1. The summed E-state index contributed by atoms with van der Waals surface area (Å²) in [6, 6.07) is 2.86. The number of nitro benzene ring substituents is 1. The number of likely N-dealkylation sites (N-methyl/N-ethyl adjacent to an activating group) is 1. The minimum absolute atomic E-state index is 0.0349. The number of nitrogens with zero attached hydrogens (tertiary/aromatic N) is 2. The molecule has 0 N–H and O–H groups in total. The highest BCUT2D eigenvalue weighted by atomic mass is 16.6. The van der Waals surface area contributed by atoms with Gasteiger partial charge < -0.3 is 19.1 Å². The highest BCUT2D eigenvalue weighted by Gasteiger charge is 2.25. The van der Waals surface area contributed by atoms with Gasteiger partial charge in [0.05, 0.1) is 30.8 Å². The van der Waals surface area contributed by atoms with Gasteiger partial charge in [0.2, 0.25) is 5.75 Å². The summed E-state index contributed by atoms with van der Waals surface area (Å²) in [6.07, 6.45) is 1.17. The Hall–Kier alpha value is -2.19. The SMILES string of the molecule is COCCN(C)CCCOc1ccc(C=O)c([N+](=O)[O-])c1OC. The van der Waals surface area contributed by atoms with Crippen molar-refractivity contribution in [1.29, 1.82) is 0 Å². The largest absolute Gasteiger partial charge is 0.489 e. The first-order valence-corrected chi connectivity index (χ1v) is 7.16. The molecule has 0 radical (unpaired) electrons. The fourth-order valence-corrected chi connectivity index (χ4v) is 2.04. The molecule has 1 aromatic carbocycles. The Morgan fingerprint density at radius 1 is 1.26 bits per heavy atom. The number of ether oxygens (including phenoxy) is 3. The number of carbonyl (C=O) groups is 1. The quantitative estimate of drug-likeness (QED) is 0.265. The van der Waals surface area contributed by atoms with Crippen LogP contribution in [0.2, 0.25) is 0 Å². The van der Waals surface area contributed by atoms with E-state index in [1.165, 1.54) is 19.2 Å². The van der Waals surface area contributed by atoms with Crippen LogP contribution in [0.3, 0.4) is 0 Å². The predicted molar refractivity (Wildman–Crippen MR) is 84.5 cm³/mol. The van der Waals surface area contributed by atoms with E-state index >= 15 is 0 Å². The minimum atomic E-state index is -0.645. The van der Waals surface area contributed by atoms with Gasteiger partial charge in [0.15, 0.2) is 12.0 Å². The summed E-state index contributed by atoms with van der Waals surface area (Å²) in [5.41, 5.74) is -0.421. The molecule has 0 fully saturated rings. The summed E-state index contributed by atoms with van der Waals surface area (Å²) in [5, 5.41) is 11.1. The van der Waals surface area contributed by atoms with Crippen LogP contribution in [-0.2, 0) is 4.74 Å². The highest BCUT2D eigenvalue weighted by Crippen LogP contribution is 2.38. The smallest absolute Gasteiger partial charge is 0.325 e.